The molecule has 2 fully saturated rings. The second kappa shape index (κ2) is 9.41. The highest BCUT2D eigenvalue weighted by Crippen LogP contribution is 2.30. The maximum atomic E-state index is 5.68. The first-order valence-corrected chi connectivity index (χ1v) is 9.91. The minimum Gasteiger partial charge on any atom is -0.383 e. The Kier molecular flexibility index (Phi) is 6.96. The van der Waals surface area contributed by atoms with Gasteiger partial charge >= 0.3 is 0 Å². The fraction of sp³-hybridized carbons (Fsp3) is 0.700. The molecule has 0 radical (unpaired) electrons. The van der Waals surface area contributed by atoms with Crippen molar-refractivity contribution in [1.29, 1.82) is 0 Å². The Morgan fingerprint density at radius 1 is 1.12 bits per heavy atom. The lowest BCUT2D eigenvalue weighted by molar-refractivity contribution is 0.134. The Bertz CT molecular complexity index is 537. The number of likely N-dealkylation sites (tertiary alicyclic amines) is 1. The molecule has 25 heavy (non-hydrogen) atoms. The summed E-state index contributed by atoms with van der Waals surface area (Å²) >= 11 is 0. The number of hydrogen-bond acceptors (Lipinski definition) is 5. The van der Waals surface area contributed by atoms with Gasteiger partial charge in [-0.15, -0.1) is 0 Å². The normalized spacial score (nSPS) is 18.7. The van der Waals surface area contributed by atoms with E-state index in [9.17, 15) is 0 Å². The molecule has 1 aromatic carbocycles. The van der Waals surface area contributed by atoms with Crippen molar-refractivity contribution in [2.75, 3.05) is 69.2 Å². The summed E-state index contributed by atoms with van der Waals surface area (Å²) < 4.78 is 5.68. The van der Waals surface area contributed by atoms with E-state index in [-0.39, 0.29) is 0 Å². The minimum absolute atomic E-state index is 0.691. The summed E-state index contributed by atoms with van der Waals surface area (Å²) in [7, 11) is 0. The number of ether oxygens (including phenoxy) is 1. The molecule has 0 amide bonds. The molecular weight excluding hydrogens is 312 g/mol. The summed E-state index contributed by atoms with van der Waals surface area (Å²) in [6, 6.07) is 4.60. The summed E-state index contributed by atoms with van der Waals surface area (Å²) in [6.07, 6.45) is 2.71. The van der Waals surface area contributed by atoms with E-state index < -0.39 is 0 Å². The molecule has 1 aromatic rings. The third kappa shape index (κ3) is 5.09. The molecule has 140 valence electrons. The summed E-state index contributed by atoms with van der Waals surface area (Å²) in [5, 5.41) is 7.14. The van der Waals surface area contributed by atoms with E-state index in [0.29, 0.717) is 6.61 Å². The molecule has 0 spiro atoms. The monoisotopic (exact) mass is 346 g/mol. The standard InChI is InChI=1S/C20H34N4O/c1-3-25-16-18-14-19(22-8-11-23-9-4-5-10-23)17(2)20(15-18)24-12-6-21-7-13-24/h14-15,21-22H,3-13,16H2,1-2H3. The van der Waals surface area contributed by atoms with Crippen LogP contribution in [0.1, 0.15) is 30.9 Å². The average molecular weight is 347 g/mol. The van der Waals surface area contributed by atoms with Gasteiger partial charge in [0.1, 0.15) is 0 Å². The molecular formula is C20H34N4O. The lowest BCUT2D eigenvalue weighted by Gasteiger charge is -2.32. The molecule has 3 rings (SSSR count). The number of hydrogen-bond donors (Lipinski definition) is 2. The molecule has 0 saturated carbocycles. The Hall–Kier alpha value is -1.30. The van der Waals surface area contributed by atoms with Crippen molar-refractivity contribution in [3.05, 3.63) is 23.3 Å². The quantitative estimate of drug-likeness (QED) is 0.757. The Morgan fingerprint density at radius 2 is 1.88 bits per heavy atom. The van der Waals surface area contributed by atoms with Crippen LogP contribution in [0.25, 0.3) is 0 Å². The molecule has 2 N–H and O–H groups in total. The van der Waals surface area contributed by atoms with E-state index in [1.54, 1.807) is 0 Å². The number of nitrogens with one attached hydrogen (secondary N) is 2. The highest BCUT2D eigenvalue weighted by atomic mass is 16.5. The van der Waals surface area contributed by atoms with Crippen molar-refractivity contribution in [3.63, 3.8) is 0 Å². The molecule has 0 aliphatic carbocycles. The zero-order valence-electron chi connectivity index (χ0n) is 15.9. The molecule has 2 aliphatic rings. The highest BCUT2D eigenvalue weighted by molar-refractivity contribution is 5.68. The zero-order valence-corrected chi connectivity index (χ0v) is 15.9. The number of anilines is 2. The lowest BCUT2D eigenvalue weighted by atomic mass is 10.1. The zero-order chi connectivity index (χ0) is 17.5. The van der Waals surface area contributed by atoms with Crippen LogP contribution in [0.5, 0.6) is 0 Å². The molecule has 0 unspecified atom stereocenters. The predicted octanol–water partition coefficient (Wildman–Crippen LogP) is 2.45. The summed E-state index contributed by atoms with van der Waals surface area (Å²) in [6.45, 7) is 14.7. The van der Waals surface area contributed by atoms with E-state index in [4.69, 9.17) is 4.74 Å². The maximum absolute atomic E-state index is 5.68. The molecule has 0 atom stereocenters. The minimum atomic E-state index is 0.691. The smallest absolute Gasteiger partial charge is 0.0718 e. The van der Waals surface area contributed by atoms with Gasteiger partial charge in [-0.25, -0.2) is 0 Å². The molecule has 0 aromatic heterocycles. The first-order valence-electron chi connectivity index (χ1n) is 9.91. The second-order valence-corrected chi connectivity index (χ2v) is 7.14. The maximum Gasteiger partial charge on any atom is 0.0718 e. The van der Waals surface area contributed by atoms with E-state index >= 15 is 0 Å². The second-order valence-electron chi connectivity index (χ2n) is 7.14. The van der Waals surface area contributed by atoms with Crippen LogP contribution in [0, 0.1) is 6.92 Å². The van der Waals surface area contributed by atoms with Crippen LogP contribution in [-0.2, 0) is 11.3 Å². The van der Waals surface area contributed by atoms with Crippen molar-refractivity contribution in [2.45, 2.75) is 33.3 Å². The third-order valence-corrected chi connectivity index (χ3v) is 5.31. The molecule has 2 aliphatic heterocycles. The number of piperazine rings is 1. The van der Waals surface area contributed by atoms with Gasteiger partial charge < -0.3 is 25.2 Å². The van der Waals surface area contributed by atoms with Gasteiger partial charge in [-0.1, -0.05) is 0 Å². The average Bonchev–Trinajstić information content (AvgIpc) is 3.16. The van der Waals surface area contributed by atoms with Crippen LogP contribution in [0.3, 0.4) is 0 Å². The van der Waals surface area contributed by atoms with Gasteiger partial charge in [-0.2, -0.15) is 0 Å². The van der Waals surface area contributed by atoms with Crippen molar-refractivity contribution in [2.24, 2.45) is 0 Å². The van der Waals surface area contributed by atoms with Crippen LogP contribution in [-0.4, -0.2) is 63.9 Å². The highest BCUT2D eigenvalue weighted by Gasteiger charge is 2.16. The topological polar surface area (TPSA) is 39.8 Å². The molecule has 2 saturated heterocycles. The molecule has 2 heterocycles. The van der Waals surface area contributed by atoms with Crippen molar-refractivity contribution in [1.82, 2.24) is 10.2 Å². The number of benzene rings is 1. The predicted molar refractivity (Wildman–Crippen MR) is 106 cm³/mol. The van der Waals surface area contributed by atoms with Gasteiger partial charge in [0.05, 0.1) is 6.61 Å². The molecule has 5 heteroatoms. The van der Waals surface area contributed by atoms with E-state index in [2.05, 4.69) is 46.4 Å². The fourth-order valence-corrected chi connectivity index (χ4v) is 3.83. The number of nitrogens with zero attached hydrogens (tertiary/aromatic N) is 2. The van der Waals surface area contributed by atoms with Crippen molar-refractivity contribution in [3.8, 4) is 0 Å². The van der Waals surface area contributed by atoms with E-state index in [1.165, 1.54) is 48.4 Å². The van der Waals surface area contributed by atoms with Gasteiger partial charge in [-0.3, -0.25) is 0 Å². The van der Waals surface area contributed by atoms with Crippen LogP contribution in [0.4, 0.5) is 11.4 Å². The summed E-state index contributed by atoms with van der Waals surface area (Å²) in [5.41, 5.74) is 5.26. The third-order valence-electron chi connectivity index (χ3n) is 5.31. The van der Waals surface area contributed by atoms with Gasteiger partial charge in [0, 0.05) is 57.3 Å². The van der Waals surface area contributed by atoms with Gasteiger partial charge in [-0.05, 0) is 63.0 Å². The summed E-state index contributed by atoms with van der Waals surface area (Å²) in [4.78, 5) is 5.07. The largest absolute Gasteiger partial charge is 0.383 e. The van der Waals surface area contributed by atoms with Gasteiger partial charge in [0.15, 0.2) is 0 Å². The fourth-order valence-electron chi connectivity index (χ4n) is 3.83. The van der Waals surface area contributed by atoms with Crippen LogP contribution in [0.15, 0.2) is 12.1 Å². The first kappa shape index (κ1) is 18.5. The van der Waals surface area contributed by atoms with Crippen molar-refractivity contribution >= 4 is 11.4 Å². The van der Waals surface area contributed by atoms with Gasteiger partial charge in [0.2, 0.25) is 0 Å². The molecule has 5 nitrogen and oxygen atoms in total. The van der Waals surface area contributed by atoms with E-state index in [1.807, 2.05) is 0 Å². The summed E-state index contributed by atoms with van der Waals surface area (Å²) in [5.74, 6) is 0. The Morgan fingerprint density at radius 3 is 2.60 bits per heavy atom. The Labute approximate surface area is 152 Å². The van der Waals surface area contributed by atoms with Crippen LogP contribution < -0.4 is 15.5 Å². The lowest BCUT2D eigenvalue weighted by Crippen LogP contribution is -2.43. The number of rotatable bonds is 8. The Balaban J connectivity index is 1.71. The van der Waals surface area contributed by atoms with Crippen LogP contribution in [0.2, 0.25) is 0 Å². The van der Waals surface area contributed by atoms with E-state index in [0.717, 1.165) is 45.9 Å². The SMILES string of the molecule is CCOCc1cc(NCCN2CCCC2)c(C)c(N2CCNCC2)c1. The first-order chi connectivity index (χ1) is 12.3. The van der Waals surface area contributed by atoms with Crippen LogP contribution >= 0.6 is 0 Å². The molecule has 0 bridgehead atoms. The van der Waals surface area contributed by atoms with Gasteiger partial charge in [0.25, 0.3) is 0 Å². The van der Waals surface area contributed by atoms with Crippen molar-refractivity contribution < 1.29 is 4.74 Å².